The van der Waals surface area contributed by atoms with Crippen LogP contribution < -0.4 is 15.0 Å². The average molecular weight is 548 g/mol. The zero-order valence-electron chi connectivity index (χ0n) is 19.5. The molecule has 1 saturated heterocycles. The van der Waals surface area contributed by atoms with Crippen LogP contribution in [0, 0.1) is 0 Å². The monoisotopic (exact) mass is 548 g/mol. The Bertz CT molecular complexity index is 1480. The number of hydrogen-bond donors (Lipinski definition) is 1. The minimum atomic E-state index is -5.59. The van der Waals surface area contributed by atoms with Crippen LogP contribution >= 0.6 is 0 Å². The predicted molar refractivity (Wildman–Crippen MR) is 128 cm³/mol. The number of amides is 4. The summed E-state index contributed by atoms with van der Waals surface area (Å²) in [6.45, 7) is 1.33. The number of carbonyl (C=O) groups excluding carboxylic acids is 3. The first-order chi connectivity index (χ1) is 17.9. The fraction of sp³-hybridized carbons (Fsp3) is 0.167. The number of nitrogens with zero attached hydrogens (tertiary/aromatic N) is 3. The summed E-state index contributed by atoms with van der Waals surface area (Å²) >= 11 is 0. The van der Waals surface area contributed by atoms with Crippen molar-refractivity contribution in [3.8, 4) is 5.75 Å². The molecule has 2 heterocycles. The summed E-state index contributed by atoms with van der Waals surface area (Å²) in [7, 11) is -5.59. The summed E-state index contributed by atoms with van der Waals surface area (Å²) < 4.78 is 66.9. The fourth-order valence-corrected chi connectivity index (χ4v) is 4.41. The lowest BCUT2D eigenvalue weighted by Crippen LogP contribution is -2.34. The molecule has 0 bridgehead atoms. The van der Waals surface area contributed by atoms with Crippen molar-refractivity contribution in [2.24, 2.45) is 0 Å². The Hall–Kier alpha value is -4.46. The maximum absolute atomic E-state index is 13.2. The standard InChI is InChI=1S/C24H19F3N4O6S/c1-15-21(32)31(17-7-9-19(10-8-17)38(35,36)24(25,26)27)23(34)30(15)14-16-11-12-28-13-20(16)29-22(33)37-18-5-3-2-4-6-18/h2-13,15H,14H2,1H3,(H,29,33). The highest BCUT2D eigenvalue weighted by Gasteiger charge is 2.47. The highest BCUT2D eigenvalue weighted by atomic mass is 32.2. The predicted octanol–water partition coefficient (Wildman–Crippen LogP) is 4.34. The normalized spacial score (nSPS) is 16.1. The van der Waals surface area contributed by atoms with Crippen molar-refractivity contribution >= 4 is 39.2 Å². The van der Waals surface area contributed by atoms with E-state index < -0.39 is 44.3 Å². The van der Waals surface area contributed by atoms with E-state index in [0.717, 1.165) is 17.0 Å². The lowest BCUT2D eigenvalue weighted by atomic mass is 10.2. The molecule has 4 rings (SSSR count). The minimum absolute atomic E-state index is 0.102. The Morgan fingerprint density at radius 3 is 2.34 bits per heavy atom. The summed E-state index contributed by atoms with van der Waals surface area (Å²) in [6.07, 6.45) is 1.96. The van der Waals surface area contributed by atoms with Crippen LogP contribution in [-0.4, -0.2) is 47.9 Å². The number of alkyl halides is 3. The van der Waals surface area contributed by atoms with Crippen LogP contribution in [0.1, 0.15) is 12.5 Å². The van der Waals surface area contributed by atoms with Crippen LogP contribution in [0.4, 0.5) is 34.1 Å². The van der Waals surface area contributed by atoms with Crippen molar-refractivity contribution in [3.63, 3.8) is 0 Å². The van der Waals surface area contributed by atoms with Crippen LogP contribution in [0.5, 0.6) is 5.75 Å². The summed E-state index contributed by atoms with van der Waals surface area (Å²) in [4.78, 5) is 43.2. The molecule has 1 aliphatic rings. The molecule has 0 radical (unpaired) electrons. The first kappa shape index (κ1) is 26.6. The highest BCUT2D eigenvalue weighted by molar-refractivity contribution is 7.92. The van der Waals surface area contributed by atoms with Crippen LogP contribution in [0.3, 0.4) is 0 Å². The van der Waals surface area contributed by atoms with Gasteiger partial charge >= 0.3 is 17.6 Å². The number of carbonyl (C=O) groups is 3. The SMILES string of the molecule is CC1C(=O)N(c2ccc(S(=O)(=O)C(F)(F)F)cc2)C(=O)N1Cc1ccncc1NC(=O)Oc1ccccc1. The minimum Gasteiger partial charge on any atom is -0.410 e. The maximum Gasteiger partial charge on any atom is 0.501 e. The first-order valence-corrected chi connectivity index (χ1v) is 12.4. The Kier molecular flexibility index (Phi) is 7.09. The molecule has 38 heavy (non-hydrogen) atoms. The number of anilines is 2. The molecular weight excluding hydrogens is 529 g/mol. The Morgan fingerprint density at radius 2 is 1.71 bits per heavy atom. The number of benzene rings is 2. The van der Waals surface area contributed by atoms with Gasteiger partial charge in [0.15, 0.2) is 0 Å². The molecule has 1 fully saturated rings. The second kappa shape index (κ2) is 10.1. The molecular formula is C24H19F3N4O6S. The van der Waals surface area contributed by atoms with E-state index >= 15 is 0 Å². The van der Waals surface area contributed by atoms with Crippen molar-refractivity contribution in [1.29, 1.82) is 0 Å². The van der Waals surface area contributed by atoms with Gasteiger partial charge in [0.05, 0.1) is 29.0 Å². The summed E-state index contributed by atoms with van der Waals surface area (Å²) in [5.41, 5.74) is -4.95. The van der Waals surface area contributed by atoms with E-state index in [2.05, 4.69) is 10.3 Å². The molecule has 2 aromatic carbocycles. The van der Waals surface area contributed by atoms with Gasteiger partial charge in [-0.1, -0.05) is 18.2 Å². The van der Waals surface area contributed by atoms with E-state index in [0.29, 0.717) is 23.4 Å². The second-order valence-electron chi connectivity index (χ2n) is 8.06. The molecule has 0 saturated carbocycles. The number of sulfone groups is 1. The number of hydrogen-bond acceptors (Lipinski definition) is 7. The second-order valence-corrected chi connectivity index (χ2v) is 10.0. The third-order valence-electron chi connectivity index (χ3n) is 5.63. The van der Waals surface area contributed by atoms with Crippen molar-refractivity contribution in [1.82, 2.24) is 9.88 Å². The topological polar surface area (TPSA) is 126 Å². The highest BCUT2D eigenvalue weighted by Crippen LogP contribution is 2.33. The first-order valence-electron chi connectivity index (χ1n) is 10.9. The lowest BCUT2D eigenvalue weighted by molar-refractivity contribution is -0.119. The number of urea groups is 1. The van der Waals surface area contributed by atoms with E-state index in [1.165, 1.54) is 30.3 Å². The van der Waals surface area contributed by atoms with Gasteiger partial charge in [-0.05, 0) is 55.0 Å². The third kappa shape index (κ3) is 5.16. The maximum atomic E-state index is 13.2. The number of imide groups is 1. The third-order valence-corrected chi connectivity index (χ3v) is 7.14. The molecule has 1 aromatic heterocycles. The van der Waals surface area contributed by atoms with Crippen molar-refractivity contribution < 1.29 is 40.7 Å². The van der Waals surface area contributed by atoms with Crippen molar-refractivity contribution in [3.05, 3.63) is 78.6 Å². The van der Waals surface area contributed by atoms with Crippen LogP contribution in [0.15, 0.2) is 78.0 Å². The molecule has 1 N–H and O–H groups in total. The number of para-hydroxylation sites is 1. The molecule has 1 aliphatic heterocycles. The van der Waals surface area contributed by atoms with Crippen molar-refractivity contribution in [2.75, 3.05) is 10.2 Å². The number of halogens is 3. The van der Waals surface area contributed by atoms with Gasteiger partial charge < -0.3 is 9.64 Å². The number of ether oxygens (including phenoxy) is 1. The summed E-state index contributed by atoms with van der Waals surface area (Å²) in [6, 6.07) is 11.3. The van der Waals surface area contributed by atoms with Gasteiger partial charge in [0, 0.05) is 6.20 Å². The molecule has 1 unspecified atom stereocenters. The largest absolute Gasteiger partial charge is 0.501 e. The number of aromatic nitrogens is 1. The Balaban J connectivity index is 1.52. The zero-order valence-corrected chi connectivity index (χ0v) is 20.4. The van der Waals surface area contributed by atoms with Crippen LogP contribution in [0.25, 0.3) is 0 Å². The average Bonchev–Trinajstić information content (AvgIpc) is 3.08. The van der Waals surface area contributed by atoms with Crippen LogP contribution in [-0.2, 0) is 21.2 Å². The summed E-state index contributed by atoms with van der Waals surface area (Å²) in [5.74, 6) is -0.373. The van der Waals surface area contributed by atoms with E-state index in [-0.39, 0.29) is 17.9 Å². The molecule has 0 aliphatic carbocycles. The molecule has 10 nitrogen and oxygen atoms in total. The number of rotatable bonds is 6. The van der Waals surface area contributed by atoms with Gasteiger partial charge in [-0.25, -0.2) is 22.9 Å². The van der Waals surface area contributed by atoms with Gasteiger partial charge in [-0.2, -0.15) is 13.2 Å². The number of nitrogens with one attached hydrogen (secondary N) is 1. The molecule has 1 atom stereocenters. The molecule has 3 aromatic rings. The van der Waals surface area contributed by atoms with Gasteiger partial charge in [0.25, 0.3) is 15.7 Å². The number of pyridine rings is 1. The van der Waals surface area contributed by atoms with Crippen LogP contribution in [0.2, 0.25) is 0 Å². The fourth-order valence-electron chi connectivity index (χ4n) is 3.65. The lowest BCUT2D eigenvalue weighted by Gasteiger charge is -2.21. The smallest absolute Gasteiger partial charge is 0.410 e. The van der Waals surface area contributed by atoms with E-state index in [1.54, 1.807) is 30.3 Å². The molecule has 4 amide bonds. The van der Waals surface area contributed by atoms with Gasteiger partial charge in [-0.3, -0.25) is 15.1 Å². The quantitative estimate of drug-likeness (QED) is 0.454. The van der Waals surface area contributed by atoms with Crippen molar-refractivity contribution in [2.45, 2.75) is 29.9 Å². The van der Waals surface area contributed by atoms with Gasteiger partial charge in [0.1, 0.15) is 11.8 Å². The molecule has 14 heteroatoms. The Morgan fingerprint density at radius 1 is 1.05 bits per heavy atom. The zero-order chi connectivity index (χ0) is 27.7. The van der Waals surface area contributed by atoms with E-state index in [4.69, 9.17) is 4.74 Å². The summed E-state index contributed by atoms with van der Waals surface area (Å²) in [5, 5.41) is 2.54. The Labute approximate surface area is 214 Å². The van der Waals surface area contributed by atoms with E-state index in [9.17, 15) is 36.0 Å². The molecule has 198 valence electrons. The van der Waals surface area contributed by atoms with Gasteiger partial charge in [0.2, 0.25) is 0 Å². The van der Waals surface area contributed by atoms with E-state index in [1.807, 2.05) is 0 Å². The molecule has 0 spiro atoms. The van der Waals surface area contributed by atoms with Gasteiger partial charge in [-0.15, -0.1) is 0 Å².